The number of fused-ring (bicyclic) bond motifs is 1. The Kier molecular flexibility index (Phi) is 4.06. The number of aryl methyl sites for hydroxylation is 1. The lowest BCUT2D eigenvalue weighted by Crippen LogP contribution is -2.08. The molecule has 0 unspecified atom stereocenters. The van der Waals surface area contributed by atoms with Crippen LogP contribution in [0.25, 0.3) is 11.0 Å². The molecular weight excluding hydrogens is 246 g/mol. The van der Waals surface area contributed by atoms with E-state index < -0.39 is 0 Å². The lowest BCUT2D eigenvalue weighted by Gasteiger charge is -2.19. The normalized spacial score (nSPS) is 18.1. The van der Waals surface area contributed by atoms with Crippen LogP contribution in [0.2, 0.25) is 0 Å². The minimum Gasteiger partial charge on any atom is -0.331 e. The number of hydrogen-bond acceptors (Lipinski definition) is 2. The molecule has 0 saturated heterocycles. The molecule has 1 heterocycles. The van der Waals surface area contributed by atoms with Crippen LogP contribution in [0.15, 0.2) is 18.2 Å². The first kappa shape index (κ1) is 13.6. The molecule has 0 radical (unpaired) electrons. The summed E-state index contributed by atoms with van der Waals surface area (Å²) in [7, 11) is 2.16. The fourth-order valence-corrected chi connectivity index (χ4v) is 3.46. The van der Waals surface area contributed by atoms with Crippen LogP contribution < -0.4 is 5.73 Å². The first-order valence-corrected chi connectivity index (χ1v) is 7.95. The van der Waals surface area contributed by atoms with Crippen molar-refractivity contribution in [2.45, 2.75) is 57.4 Å². The topological polar surface area (TPSA) is 43.8 Å². The Hall–Kier alpha value is -1.35. The first-order valence-electron chi connectivity index (χ1n) is 7.95. The summed E-state index contributed by atoms with van der Waals surface area (Å²) in [6.45, 7) is 0.597. The fraction of sp³-hybridized carbons (Fsp3) is 0.588. The molecule has 1 aliphatic carbocycles. The molecule has 1 aromatic carbocycles. The van der Waals surface area contributed by atoms with Gasteiger partial charge in [0.05, 0.1) is 11.0 Å². The third-order valence-corrected chi connectivity index (χ3v) is 4.69. The molecule has 2 aromatic rings. The van der Waals surface area contributed by atoms with Crippen molar-refractivity contribution in [2.24, 2.45) is 12.8 Å². The minimum atomic E-state index is 0.597. The molecule has 2 N–H and O–H groups in total. The molecule has 1 aliphatic rings. The Labute approximate surface area is 121 Å². The van der Waals surface area contributed by atoms with Crippen molar-refractivity contribution in [1.82, 2.24) is 9.55 Å². The van der Waals surface area contributed by atoms with Gasteiger partial charge in [-0.2, -0.15) is 0 Å². The summed E-state index contributed by atoms with van der Waals surface area (Å²) in [6, 6.07) is 6.40. The van der Waals surface area contributed by atoms with Gasteiger partial charge < -0.3 is 10.3 Å². The Morgan fingerprint density at radius 1 is 1.15 bits per heavy atom. The van der Waals surface area contributed by atoms with Crippen LogP contribution in [0.4, 0.5) is 0 Å². The number of imidazole rings is 1. The average Bonchev–Trinajstić information content (AvgIpc) is 2.75. The standard InChI is InChI=1S/C17H25N3/c1-20-16-11-13(12-18)9-10-15(16)19-17(20)14-7-5-3-2-4-6-8-14/h9-11,14H,2-8,12,18H2,1H3. The third-order valence-electron chi connectivity index (χ3n) is 4.69. The van der Waals surface area contributed by atoms with Crippen LogP contribution in [-0.2, 0) is 13.6 Å². The maximum Gasteiger partial charge on any atom is 0.112 e. The summed E-state index contributed by atoms with van der Waals surface area (Å²) in [5.74, 6) is 1.91. The number of aromatic nitrogens is 2. The van der Waals surface area contributed by atoms with E-state index in [0.29, 0.717) is 12.5 Å². The van der Waals surface area contributed by atoms with Crippen molar-refractivity contribution in [3.05, 3.63) is 29.6 Å². The fourth-order valence-electron chi connectivity index (χ4n) is 3.46. The molecule has 3 nitrogen and oxygen atoms in total. The zero-order valence-electron chi connectivity index (χ0n) is 12.4. The SMILES string of the molecule is Cn1c(C2CCCCCCC2)nc2ccc(CN)cc21. The van der Waals surface area contributed by atoms with Gasteiger partial charge in [0.2, 0.25) is 0 Å². The molecule has 108 valence electrons. The second-order valence-corrected chi connectivity index (χ2v) is 6.10. The zero-order chi connectivity index (χ0) is 13.9. The van der Waals surface area contributed by atoms with E-state index >= 15 is 0 Å². The summed E-state index contributed by atoms with van der Waals surface area (Å²) < 4.78 is 2.29. The van der Waals surface area contributed by atoms with Gasteiger partial charge in [0.1, 0.15) is 5.82 Å². The highest BCUT2D eigenvalue weighted by molar-refractivity contribution is 5.77. The predicted octanol–water partition coefficient (Wildman–Crippen LogP) is 3.86. The van der Waals surface area contributed by atoms with Gasteiger partial charge in [-0.15, -0.1) is 0 Å². The Bertz CT molecular complexity index is 577. The average molecular weight is 271 g/mol. The van der Waals surface area contributed by atoms with Crippen molar-refractivity contribution in [1.29, 1.82) is 0 Å². The Balaban J connectivity index is 1.95. The van der Waals surface area contributed by atoms with Gasteiger partial charge in [0, 0.05) is 19.5 Å². The quantitative estimate of drug-likeness (QED) is 0.901. The van der Waals surface area contributed by atoms with E-state index in [1.807, 2.05) is 0 Å². The van der Waals surface area contributed by atoms with Crippen LogP contribution in [-0.4, -0.2) is 9.55 Å². The molecule has 0 atom stereocenters. The highest BCUT2D eigenvalue weighted by atomic mass is 15.1. The van der Waals surface area contributed by atoms with Crippen LogP contribution in [0.5, 0.6) is 0 Å². The van der Waals surface area contributed by atoms with E-state index in [1.165, 1.54) is 61.9 Å². The van der Waals surface area contributed by atoms with E-state index in [2.05, 4.69) is 29.8 Å². The second-order valence-electron chi connectivity index (χ2n) is 6.10. The number of hydrogen-bond donors (Lipinski definition) is 1. The largest absolute Gasteiger partial charge is 0.331 e. The van der Waals surface area contributed by atoms with Crippen LogP contribution in [0, 0.1) is 0 Å². The van der Waals surface area contributed by atoms with Gasteiger partial charge in [0.25, 0.3) is 0 Å². The summed E-state index contributed by atoms with van der Waals surface area (Å²) in [5, 5.41) is 0. The number of nitrogens with two attached hydrogens (primary N) is 1. The molecule has 0 bridgehead atoms. The maximum atomic E-state index is 5.75. The highest BCUT2D eigenvalue weighted by Gasteiger charge is 2.19. The van der Waals surface area contributed by atoms with Gasteiger partial charge in [-0.3, -0.25) is 0 Å². The van der Waals surface area contributed by atoms with E-state index in [1.54, 1.807) is 0 Å². The van der Waals surface area contributed by atoms with Gasteiger partial charge in [-0.1, -0.05) is 38.2 Å². The van der Waals surface area contributed by atoms with Gasteiger partial charge in [-0.25, -0.2) is 4.98 Å². The number of benzene rings is 1. The molecule has 3 rings (SSSR count). The van der Waals surface area contributed by atoms with Crippen molar-refractivity contribution >= 4 is 11.0 Å². The summed E-state index contributed by atoms with van der Waals surface area (Å²) in [4.78, 5) is 4.91. The van der Waals surface area contributed by atoms with Crippen LogP contribution in [0.3, 0.4) is 0 Å². The van der Waals surface area contributed by atoms with Gasteiger partial charge in [0.15, 0.2) is 0 Å². The van der Waals surface area contributed by atoms with E-state index in [9.17, 15) is 0 Å². The molecule has 0 amide bonds. The molecule has 3 heteroatoms. The summed E-state index contributed by atoms with van der Waals surface area (Å²) >= 11 is 0. The molecule has 20 heavy (non-hydrogen) atoms. The van der Waals surface area contributed by atoms with Crippen LogP contribution in [0.1, 0.15) is 62.3 Å². The molecule has 1 fully saturated rings. The third kappa shape index (κ3) is 2.59. The smallest absolute Gasteiger partial charge is 0.112 e. The molecule has 0 spiro atoms. The lowest BCUT2D eigenvalue weighted by molar-refractivity contribution is 0.437. The summed E-state index contributed by atoms with van der Waals surface area (Å²) in [6.07, 6.45) is 9.47. The molecule has 1 saturated carbocycles. The Morgan fingerprint density at radius 3 is 2.55 bits per heavy atom. The van der Waals surface area contributed by atoms with Gasteiger partial charge >= 0.3 is 0 Å². The monoisotopic (exact) mass is 271 g/mol. The molecule has 0 aliphatic heterocycles. The minimum absolute atomic E-state index is 0.597. The molecular formula is C17H25N3. The lowest BCUT2D eigenvalue weighted by atomic mass is 9.90. The van der Waals surface area contributed by atoms with E-state index in [-0.39, 0.29) is 0 Å². The van der Waals surface area contributed by atoms with Crippen molar-refractivity contribution in [3.8, 4) is 0 Å². The molecule has 1 aromatic heterocycles. The van der Waals surface area contributed by atoms with Crippen molar-refractivity contribution < 1.29 is 0 Å². The second kappa shape index (κ2) is 5.96. The first-order chi connectivity index (χ1) is 9.79. The van der Waals surface area contributed by atoms with Crippen molar-refractivity contribution in [2.75, 3.05) is 0 Å². The van der Waals surface area contributed by atoms with E-state index in [4.69, 9.17) is 10.7 Å². The predicted molar refractivity (Wildman–Crippen MR) is 83.7 cm³/mol. The number of rotatable bonds is 2. The van der Waals surface area contributed by atoms with E-state index in [0.717, 1.165) is 5.52 Å². The maximum absolute atomic E-state index is 5.75. The Morgan fingerprint density at radius 2 is 1.85 bits per heavy atom. The zero-order valence-corrected chi connectivity index (χ0v) is 12.4. The van der Waals surface area contributed by atoms with Crippen molar-refractivity contribution in [3.63, 3.8) is 0 Å². The van der Waals surface area contributed by atoms with Gasteiger partial charge in [-0.05, 0) is 30.5 Å². The number of nitrogens with zero attached hydrogens (tertiary/aromatic N) is 2. The van der Waals surface area contributed by atoms with Crippen LogP contribution >= 0.6 is 0 Å². The highest BCUT2D eigenvalue weighted by Crippen LogP contribution is 2.32. The summed E-state index contributed by atoms with van der Waals surface area (Å²) in [5.41, 5.74) is 9.27.